The molecule has 0 radical (unpaired) electrons. The molecule has 0 bridgehead atoms. The van der Waals surface area contributed by atoms with Gasteiger partial charge in [-0.2, -0.15) is 0 Å². The number of benzene rings is 1. The largest absolute Gasteiger partial charge is 0.465 e. The quantitative estimate of drug-likeness (QED) is 0.808. The summed E-state index contributed by atoms with van der Waals surface area (Å²) in [4.78, 5) is 15.4. The molecule has 0 amide bonds. The molecule has 0 N–H and O–H groups in total. The van der Waals surface area contributed by atoms with Crippen LogP contribution in [0.3, 0.4) is 0 Å². The van der Waals surface area contributed by atoms with Crippen LogP contribution in [0.2, 0.25) is 0 Å². The molecule has 2 aromatic rings. The maximum absolute atomic E-state index is 11.3. The Kier molecular flexibility index (Phi) is 4.16. The molecular weight excluding hydrogens is 310 g/mol. The van der Waals surface area contributed by atoms with Crippen LogP contribution < -0.4 is 4.74 Å². The minimum atomic E-state index is -0.374. The Morgan fingerprint density at radius 2 is 1.89 bits per heavy atom. The number of carbonyl (C=O) groups excluding carboxylic acids is 1. The number of ether oxygens (including phenoxy) is 2. The van der Waals surface area contributed by atoms with E-state index in [-0.39, 0.29) is 5.97 Å². The lowest BCUT2D eigenvalue weighted by molar-refractivity contribution is 0.0600. The maximum atomic E-state index is 11.3. The third-order valence-electron chi connectivity index (χ3n) is 2.54. The lowest BCUT2D eigenvalue weighted by Crippen LogP contribution is -2.00. The molecule has 19 heavy (non-hydrogen) atoms. The van der Waals surface area contributed by atoms with Gasteiger partial charge >= 0.3 is 5.97 Å². The third-order valence-corrected chi connectivity index (χ3v) is 3.50. The van der Waals surface area contributed by atoms with Crippen molar-refractivity contribution in [3.05, 3.63) is 52.1 Å². The first-order valence-corrected chi connectivity index (χ1v) is 6.38. The summed E-state index contributed by atoms with van der Waals surface area (Å²) in [5, 5.41) is 0. The zero-order chi connectivity index (χ0) is 13.8. The average Bonchev–Trinajstić information content (AvgIpc) is 2.44. The number of aryl methyl sites for hydroxylation is 1. The molecule has 0 unspecified atom stereocenters. The van der Waals surface area contributed by atoms with Gasteiger partial charge in [0.1, 0.15) is 5.75 Å². The van der Waals surface area contributed by atoms with Crippen LogP contribution in [0.25, 0.3) is 0 Å². The predicted molar refractivity (Wildman–Crippen MR) is 74.5 cm³/mol. The van der Waals surface area contributed by atoms with Crippen LogP contribution in [0, 0.1) is 6.92 Å². The van der Waals surface area contributed by atoms with Crippen molar-refractivity contribution >= 4 is 21.9 Å². The minimum absolute atomic E-state index is 0.374. The summed E-state index contributed by atoms with van der Waals surface area (Å²) in [5.74, 6) is 0.721. The normalized spacial score (nSPS) is 10.1. The van der Waals surface area contributed by atoms with E-state index in [1.165, 1.54) is 7.11 Å². The standard InChI is InChI=1S/C14H12BrNO3/c1-9-7-8-16-13(12(9)15)19-11-5-3-10(4-6-11)14(17)18-2/h3-8H,1-2H3. The Morgan fingerprint density at radius 1 is 1.21 bits per heavy atom. The Bertz CT molecular complexity index is 596. The lowest BCUT2D eigenvalue weighted by Gasteiger charge is -2.08. The molecule has 0 saturated heterocycles. The summed E-state index contributed by atoms with van der Waals surface area (Å²) in [5.41, 5.74) is 1.52. The zero-order valence-corrected chi connectivity index (χ0v) is 12.1. The van der Waals surface area contributed by atoms with E-state index < -0.39 is 0 Å². The third kappa shape index (κ3) is 3.12. The highest BCUT2D eigenvalue weighted by atomic mass is 79.9. The van der Waals surface area contributed by atoms with Gasteiger partial charge in [0, 0.05) is 6.20 Å². The van der Waals surface area contributed by atoms with E-state index >= 15 is 0 Å². The minimum Gasteiger partial charge on any atom is -0.465 e. The highest BCUT2D eigenvalue weighted by molar-refractivity contribution is 9.10. The molecule has 1 aromatic heterocycles. The first kappa shape index (κ1) is 13.5. The van der Waals surface area contributed by atoms with Gasteiger partial charge in [0.25, 0.3) is 0 Å². The van der Waals surface area contributed by atoms with Crippen molar-refractivity contribution in [3.63, 3.8) is 0 Å². The fraction of sp³-hybridized carbons (Fsp3) is 0.143. The first-order valence-electron chi connectivity index (χ1n) is 5.59. The van der Waals surface area contributed by atoms with E-state index in [0.29, 0.717) is 17.2 Å². The smallest absolute Gasteiger partial charge is 0.337 e. The number of methoxy groups -OCH3 is 1. The van der Waals surface area contributed by atoms with Crippen LogP contribution in [0.15, 0.2) is 41.0 Å². The number of halogens is 1. The molecule has 0 aliphatic heterocycles. The number of hydrogen-bond acceptors (Lipinski definition) is 4. The second kappa shape index (κ2) is 5.84. The van der Waals surface area contributed by atoms with Crippen molar-refractivity contribution in [2.24, 2.45) is 0 Å². The number of rotatable bonds is 3. The molecule has 98 valence electrons. The van der Waals surface area contributed by atoms with E-state index in [2.05, 4.69) is 25.7 Å². The van der Waals surface area contributed by atoms with E-state index in [4.69, 9.17) is 4.74 Å². The first-order chi connectivity index (χ1) is 9.11. The Labute approximate surface area is 119 Å². The van der Waals surface area contributed by atoms with Gasteiger partial charge in [0.05, 0.1) is 17.1 Å². The van der Waals surface area contributed by atoms with Crippen LogP contribution >= 0.6 is 15.9 Å². The zero-order valence-electron chi connectivity index (χ0n) is 10.5. The summed E-state index contributed by atoms with van der Waals surface area (Å²) in [7, 11) is 1.35. The van der Waals surface area contributed by atoms with Crippen molar-refractivity contribution in [2.75, 3.05) is 7.11 Å². The number of aromatic nitrogens is 1. The van der Waals surface area contributed by atoms with Crippen LogP contribution in [0.4, 0.5) is 0 Å². The van der Waals surface area contributed by atoms with Crippen molar-refractivity contribution in [1.29, 1.82) is 0 Å². The number of hydrogen-bond donors (Lipinski definition) is 0. The van der Waals surface area contributed by atoms with Crippen molar-refractivity contribution in [2.45, 2.75) is 6.92 Å². The van der Waals surface area contributed by atoms with E-state index in [9.17, 15) is 4.79 Å². The summed E-state index contributed by atoms with van der Waals surface area (Å²) in [6.07, 6.45) is 1.68. The molecule has 0 saturated carbocycles. The van der Waals surface area contributed by atoms with E-state index in [1.807, 2.05) is 13.0 Å². The number of carbonyl (C=O) groups is 1. The number of esters is 1. The Balaban J connectivity index is 2.20. The van der Waals surface area contributed by atoms with Gasteiger partial charge in [-0.1, -0.05) is 0 Å². The van der Waals surface area contributed by atoms with Gasteiger partial charge in [-0.15, -0.1) is 0 Å². The second-order valence-electron chi connectivity index (χ2n) is 3.87. The van der Waals surface area contributed by atoms with Crippen molar-refractivity contribution in [3.8, 4) is 11.6 Å². The molecule has 4 nitrogen and oxygen atoms in total. The number of nitrogens with zero attached hydrogens (tertiary/aromatic N) is 1. The average molecular weight is 322 g/mol. The summed E-state index contributed by atoms with van der Waals surface area (Å²) >= 11 is 3.42. The monoisotopic (exact) mass is 321 g/mol. The van der Waals surface area contributed by atoms with Crippen LogP contribution in [0.5, 0.6) is 11.6 Å². The topological polar surface area (TPSA) is 48.4 Å². The molecule has 0 aliphatic carbocycles. The SMILES string of the molecule is COC(=O)c1ccc(Oc2nccc(C)c2Br)cc1. The molecule has 0 atom stereocenters. The van der Waals surface area contributed by atoms with Crippen LogP contribution in [0.1, 0.15) is 15.9 Å². The summed E-state index contributed by atoms with van der Waals surface area (Å²) < 4.78 is 11.1. The van der Waals surface area contributed by atoms with Gasteiger partial charge < -0.3 is 9.47 Å². The fourth-order valence-corrected chi connectivity index (χ4v) is 1.79. The maximum Gasteiger partial charge on any atom is 0.337 e. The molecule has 0 fully saturated rings. The second-order valence-corrected chi connectivity index (χ2v) is 4.66. The van der Waals surface area contributed by atoms with Gasteiger partial charge in [-0.25, -0.2) is 9.78 Å². The van der Waals surface area contributed by atoms with Gasteiger partial charge in [0.15, 0.2) is 0 Å². The van der Waals surface area contributed by atoms with Crippen molar-refractivity contribution in [1.82, 2.24) is 4.98 Å². The van der Waals surface area contributed by atoms with E-state index in [1.54, 1.807) is 30.5 Å². The molecule has 5 heteroatoms. The number of pyridine rings is 1. The Morgan fingerprint density at radius 3 is 2.53 bits per heavy atom. The molecule has 1 aromatic carbocycles. The fourth-order valence-electron chi connectivity index (χ4n) is 1.47. The highest BCUT2D eigenvalue weighted by Gasteiger charge is 2.08. The molecule has 0 aliphatic rings. The molecule has 0 spiro atoms. The molecule has 1 heterocycles. The lowest BCUT2D eigenvalue weighted by atomic mass is 10.2. The van der Waals surface area contributed by atoms with Crippen LogP contribution in [-0.4, -0.2) is 18.1 Å². The predicted octanol–water partition coefficient (Wildman–Crippen LogP) is 3.73. The van der Waals surface area contributed by atoms with Crippen LogP contribution in [-0.2, 0) is 4.74 Å². The van der Waals surface area contributed by atoms with Gasteiger partial charge in [-0.05, 0) is 58.7 Å². The molecular formula is C14H12BrNO3. The Hall–Kier alpha value is -1.88. The van der Waals surface area contributed by atoms with Crippen molar-refractivity contribution < 1.29 is 14.3 Å². The van der Waals surface area contributed by atoms with E-state index in [0.717, 1.165) is 10.0 Å². The molecule has 2 rings (SSSR count). The highest BCUT2D eigenvalue weighted by Crippen LogP contribution is 2.29. The van der Waals surface area contributed by atoms with Gasteiger partial charge in [0.2, 0.25) is 5.88 Å². The summed E-state index contributed by atoms with van der Waals surface area (Å²) in [6, 6.07) is 8.57. The van der Waals surface area contributed by atoms with Gasteiger partial charge in [-0.3, -0.25) is 0 Å². The summed E-state index contributed by atoms with van der Waals surface area (Å²) in [6.45, 7) is 1.96.